The number of carbonyl (C=O) groups is 2. The number of morpholine rings is 1. The van der Waals surface area contributed by atoms with Gasteiger partial charge >= 0.3 is 0 Å². The average Bonchev–Trinajstić information content (AvgIpc) is 3.08. The maximum atomic E-state index is 12.8. The van der Waals surface area contributed by atoms with Crippen LogP contribution >= 0.6 is 0 Å². The minimum atomic E-state index is -3.74. The fourth-order valence-corrected chi connectivity index (χ4v) is 4.75. The van der Waals surface area contributed by atoms with E-state index in [-0.39, 0.29) is 29.1 Å². The average molecular weight is 461 g/mol. The fraction of sp³-hybridized carbons (Fsp3) is 0.333. The second kappa shape index (κ2) is 9.55. The smallest absolute Gasteiger partial charge is 0.269 e. The van der Waals surface area contributed by atoms with E-state index in [0.717, 1.165) is 6.42 Å². The maximum Gasteiger partial charge on any atom is 0.269 e. The number of ether oxygens (including phenoxy) is 3. The molecule has 0 atom stereocenters. The van der Waals surface area contributed by atoms with Crippen molar-refractivity contribution in [3.63, 3.8) is 0 Å². The number of hydrogen-bond acceptors (Lipinski definition) is 7. The quantitative estimate of drug-likeness (QED) is 0.650. The molecule has 0 radical (unpaired) electrons. The zero-order valence-electron chi connectivity index (χ0n) is 17.2. The van der Waals surface area contributed by atoms with Crippen LogP contribution in [-0.2, 0) is 14.8 Å². The molecule has 2 aliphatic rings. The zero-order valence-corrected chi connectivity index (χ0v) is 18.0. The zero-order chi connectivity index (χ0) is 22.6. The van der Waals surface area contributed by atoms with Crippen LogP contribution in [0, 0.1) is 0 Å². The van der Waals surface area contributed by atoms with Crippen LogP contribution in [0.4, 0.5) is 0 Å². The van der Waals surface area contributed by atoms with Gasteiger partial charge in [0.05, 0.1) is 31.3 Å². The topological polar surface area (TPSA) is 123 Å². The molecule has 0 aromatic heterocycles. The molecule has 1 saturated heterocycles. The Morgan fingerprint density at radius 1 is 0.812 bits per heavy atom. The fourth-order valence-electron chi connectivity index (χ4n) is 3.30. The summed E-state index contributed by atoms with van der Waals surface area (Å²) in [5.41, 5.74) is 5.01. The summed E-state index contributed by atoms with van der Waals surface area (Å²) < 4.78 is 43.2. The van der Waals surface area contributed by atoms with Gasteiger partial charge in [0.25, 0.3) is 11.8 Å². The number of benzene rings is 2. The number of amides is 2. The van der Waals surface area contributed by atoms with Gasteiger partial charge in [0.15, 0.2) is 11.5 Å². The molecular weight excluding hydrogens is 438 g/mol. The van der Waals surface area contributed by atoms with Crippen LogP contribution in [0.1, 0.15) is 27.1 Å². The highest BCUT2D eigenvalue weighted by Crippen LogP contribution is 2.30. The van der Waals surface area contributed by atoms with E-state index in [1.54, 1.807) is 12.1 Å². The molecule has 2 amide bonds. The van der Waals surface area contributed by atoms with Gasteiger partial charge in [0.2, 0.25) is 10.0 Å². The van der Waals surface area contributed by atoms with Gasteiger partial charge < -0.3 is 14.2 Å². The standard InChI is InChI=1S/C21H23N3O7S/c25-20(15-3-1-4-17(13-15)32(27,28)24-7-11-29-12-8-24)22-23-21(26)16-5-6-18-19(14-16)31-10-2-9-30-18/h1,3-6,13-14H,2,7-12H2,(H,22,25)(H,23,26). The van der Waals surface area contributed by atoms with Crippen LogP contribution in [0.3, 0.4) is 0 Å². The molecule has 4 rings (SSSR count). The lowest BCUT2D eigenvalue weighted by atomic mass is 10.2. The number of rotatable bonds is 4. The molecule has 0 aliphatic carbocycles. The molecule has 0 unspecified atom stereocenters. The van der Waals surface area contributed by atoms with E-state index in [4.69, 9.17) is 14.2 Å². The monoisotopic (exact) mass is 461 g/mol. The van der Waals surface area contributed by atoms with Crippen LogP contribution in [0.25, 0.3) is 0 Å². The predicted molar refractivity (Wildman–Crippen MR) is 113 cm³/mol. The summed E-state index contributed by atoms with van der Waals surface area (Å²) in [6, 6.07) is 10.4. The van der Waals surface area contributed by atoms with Gasteiger partial charge in [0, 0.05) is 30.6 Å². The molecule has 2 aromatic carbocycles. The van der Waals surface area contributed by atoms with E-state index in [1.165, 1.54) is 34.6 Å². The minimum absolute atomic E-state index is 0.00118. The van der Waals surface area contributed by atoms with Gasteiger partial charge in [-0.15, -0.1) is 0 Å². The first-order valence-electron chi connectivity index (χ1n) is 10.1. The summed E-state index contributed by atoms with van der Waals surface area (Å²) in [7, 11) is -3.74. The molecule has 2 aliphatic heterocycles. The minimum Gasteiger partial charge on any atom is -0.490 e. The second-order valence-electron chi connectivity index (χ2n) is 7.16. The number of nitrogens with one attached hydrogen (secondary N) is 2. The van der Waals surface area contributed by atoms with Crippen LogP contribution in [0.2, 0.25) is 0 Å². The summed E-state index contributed by atoms with van der Waals surface area (Å²) in [5, 5.41) is 0. The Morgan fingerprint density at radius 2 is 1.47 bits per heavy atom. The van der Waals surface area contributed by atoms with Crippen LogP contribution in [0.15, 0.2) is 47.4 Å². The van der Waals surface area contributed by atoms with Crippen LogP contribution in [0.5, 0.6) is 11.5 Å². The lowest BCUT2D eigenvalue weighted by Gasteiger charge is -2.26. The summed E-state index contributed by atoms with van der Waals surface area (Å²) in [6.07, 6.45) is 0.743. The molecule has 2 N–H and O–H groups in total. The summed E-state index contributed by atoms with van der Waals surface area (Å²) in [4.78, 5) is 25.0. The van der Waals surface area contributed by atoms with E-state index >= 15 is 0 Å². The molecule has 1 fully saturated rings. The normalized spacial score (nSPS) is 16.6. The third-order valence-corrected chi connectivity index (χ3v) is 6.90. The van der Waals surface area contributed by atoms with Crippen molar-refractivity contribution in [3.05, 3.63) is 53.6 Å². The molecule has 0 bridgehead atoms. The second-order valence-corrected chi connectivity index (χ2v) is 9.10. The Labute approximate surface area is 185 Å². The van der Waals surface area contributed by atoms with Crippen molar-refractivity contribution >= 4 is 21.8 Å². The van der Waals surface area contributed by atoms with Crippen molar-refractivity contribution in [3.8, 4) is 11.5 Å². The van der Waals surface area contributed by atoms with E-state index in [2.05, 4.69) is 10.9 Å². The Bertz CT molecular complexity index is 1110. The SMILES string of the molecule is O=C(NNC(=O)c1ccc2c(c1)OCCCO2)c1cccc(S(=O)(=O)N2CCOCC2)c1. The first kappa shape index (κ1) is 22.1. The Kier molecular flexibility index (Phi) is 6.58. The lowest BCUT2D eigenvalue weighted by Crippen LogP contribution is -2.42. The van der Waals surface area contributed by atoms with Crippen molar-refractivity contribution in [1.29, 1.82) is 0 Å². The summed E-state index contributed by atoms with van der Waals surface area (Å²) in [5.74, 6) is -0.179. The van der Waals surface area contributed by atoms with E-state index in [0.29, 0.717) is 37.9 Å². The van der Waals surface area contributed by atoms with Gasteiger partial charge in [-0.25, -0.2) is 8.42 Å². The highest BCUT2D eigenvalue weighted by Gasteiger charge is 2.27. The predicted octanol–water partition coefficient (Wildman–Crippen LogP) is 0.944. The number of fused-ring (bicyclic) bond motifs is 1. The van der Waals surface area contributed by atoms with Crippen molar-refractivity contribution in [2.45, 2.75) is 11.3 Å². The number of carbonyl (C=O) groups excluding carboxylic acids is 2. The number of sulfonamides is 1. The molecule has 2 aromatic rings. The summed E-state index contributed by atoms with van der Waals surface area (Å²) >= 11 is 0. The van der Waals surface area contributed by atoms with E-state index in [1.807, 2.05) is 0 Å². The van der Waals surface area contributed by atoms with E-state index in [9.17, 15) is 18.0 Å². The van der Waals surface area contributed by atoms with Crippen molar-refractivity contribution < 1.29 is 32.2 Å². The van der Waals surface area contributed by atoms with Gasteiger partial charge in [-0.3, -0.25) is 20.4 Å². The Hall–Kier alpha value is -3.15. The molecule has 10 nitrogen and oxygen atoms in total. The molecule has 32 heavy (non-hydrogen) atoms. The maximum absolute atomic E-state index is 12.8. The van der Waals surface area contributed by atoms with Crippen molar-refractivity contribution in [2.75, 3.05) is 39.5 Å². The highest BCUT2D eigenvalue weighted by atomic mass is 32.2. The van der Waals surface area contributed by atoms with E-state index < -0.39 is 21.8 Å². The largest absolute Gasteiger partial charge is 0.490 e. The molecule has 0 saturated carbocycles. The third-order valence-electron chi connectivity index (χ3n) is 5.00. The van der Waals surface area contributed by atoms with Crippen LogP contribution < -0.4 is 20.3 Å². The van der Waals surface area contributed by atoms with Gasteiger partial charge in [-0.2, -0.15) is 4.31 Å². The van der Waals surface area contributed by atoms with Gasteiger partial charge in [-0.1, -0.05) is 6.07 Å². The Balaban J connectivity index is 1.42. The number of hydrazine groups is 1. The molecule has 2 heterocycles. The van der Waals surface area contributed by atoms with Crippen LogP contribution in [-0.4, -0.2) is 64.1 Å². The van der Waals surface area contributed by atoms with Crippen molar-refractivity contribution in [2.24, 2.45) is 0 Å². The number of nitrogens with zero attached hydrogens (tertiary/aromatic N) is 1. The first-order valence-corrected chi connectivity index (χ1v) is 11.6. The highest BCUT2D eigenvalue weighted by molar-refractivity contribution is 7.89. The Morgan fingerprint density at radius 3 is 2.19 bits per heavy atom. The first-order chi connectivity index (χ1) is 15.4. The van der Waals surface area contributed by atoms with Gasteiger partial charge in [0.1, 0.15) is 0 Å². The van der Waals surface area contributed by atoms with Crippen molar-refractivity contribution in [1.82, 2.24) is 15.2 Å². The van der Waals surface area contributed by atoms with Gasteiger partial charge in [-0.05, 0) is 36.4 Å². The number of hydrogen-bond donors (Lipinski definition) is 2. The molecule has 170 valence electrons. The molecular formula is C21H23N3O7S. The molecule has 11 heteroatoms. The third kappa shape index (κ3) is 4.85. The summed E-state index contributed by atoms with van der Waals surface area (Å²) in [6.45, 7) is 2.18. The molecule has 0 spiro atoms. The lowest BCUT2D eigenvalue weighted by molar-refractivity contribution is 0.0730.